The van der Waals surface area contributed by atoms with Crippen molar-refractivity contribution in [3.05, 3.63) is 108 Å². The van der Waals surface area contributed by atoms with Gasteiger partial charge in [0.25, 0.3) is 5.91 Å². The zero-order valence-corrected chi connectivity index (χ0v) is 19.0. The van der Waals surface area contributed by atoms with Gasteiger partial charge in [0, 0.05) is 0 Å². The number of imide groups is 1. The van der Waals surface area contributed by atoms with E-state index in [2.05, 4.69) is 18.2 Å². The Balaban J connectivity index is 1.50. The van der Waals surface area contributed by atoms with Crippen LogP contribution in [0.2, 0.25) is 0 Å². The molecule has 2 saturated heterocycles. The van der Waals surface area contributed by atoms with Crippen LogP contribution in [0.1, 0.15) is 22.7 Å². The molecule has 0 N–H and O–H groups in total. The Hall–Kier alpha value is -3.96. The number of hydroxylamine groups is 1. The highest BCUT2D eigenvalue weighted by molar-refractivity contribution is 6.24. The van der Waals surface area contributed by atoms with E-state index in [1.807, 2.05) is 86.6 Å². The number of fused-ring (bicyclic) bond motifs is 2. The third kappa shape index (κ3) is 3.05. The van der Waals surface area contributed by atoms with Crippen molar-refractivity contribution < 1.29 is 14.4 Å². The predicted molar refractivity (Wildman–Crippen MR) is 132 cm³/mol. The molecule has 3 unspecified atom stereocenters. The van der Waals surface area contributed by atoms with Gasteiger partial charge in [-0.15, -0.1) is 0 Å². The van der Waals surface area contributed by atoms with Crippen molar-refractivity contribution in [1.82, 2.24) is 0 Å². The first-order valence-corrected chi connectivity index (χ1v) is 11.5. The van der Waals surface area contributed by atoms with E-state index < -0.39 is 18.1 Å². The summed E-state index contributed by atoms with van der Waals surface area (Å²) in [5.41, 5.74) is 4.53. The molecule has 0 aliphatic carbocycles. The van der Waals surface area contributed by atoms with Gasteiger partial charge in [0.2, 0.25) is 5.91 Å². The van der Waals surface area contributed by atoms with E-state index >= 15 is 0 Å². The molecule has 2 aliphatic rings. The molecule has 5 heteroatoms. The summed E-state index contributed by atoms with van der Waals surface area (Å²) in [4.78, 5) is 35.1. The summed E-state index contributed by atoms with van der Waals surface area (Å²) >= 11 is 0. The highest BCUT2D eigenvalue weighted by Crippen LogP contribution is 2.49. The Bertz CT molecular complexity index is 1430. The van der Waals surface area contributed by atoms with Crippen LogP contribution >= 0.6 is 0 Å². The number of hydrogen-bond donors (Lipinski definition) is 0. The van der Waals surface area contributed by atoms with Crippen molar-refractivity contribution in [2.45, 2.75) is 26.0 Å². The molecule has 0 saturated carbocycles. The first kappa shape index (κ1) is 20.6. The van der Waals surface area contributed by atoms with Gasteiger partial charge in [0.05, 0.1) is 17.4 Å². The zero-order valence-electron chi connectivity index (χ0n) is 19.0. The van der Waals surface area contributed by atoms with Crippen LogP contribution in [0.15, 0.2) is 91.0 Å². The number of carbonyl (C=O) groups excluding carboxylic acids is 2. The zero-order chi connectivity index (χ0) is 23.4. The van der Waals surface area contributed by atoms with E-state index in [0.717, 1.165) is 33.2 Å². The van der Waals surface area contributed by atoms with Crippen LogP contribution in [0.4, 0.5) is 11.4 Å². The molecule has 2 aliphatic heterocycles. The summed E-state index contributed by atoms with van der Waals surface area (Å²) in [5, 5.41) is 3.88. The van der Waals surface area contributed by atoms with Gasteiger partial charge in [-0.1, -0.05) is 66.7 Å². The lowest BCUT2D eigenvalue weighted by Crippen LogP contribution is -2.37. The number of anilines is 2. The molecule has 6 rings (SSSR count). The topological polar surface area (TPSA) is 49.9 Å². The molecule has 4 aromatic carbocycles. The number of aryl methyl sites for hydroxylation is 2. The number of benzene rings is 4. The van der Waals surface area contributed by atoms with Gasteiger partial charge in [0.15, 0.2) is 6.10 Å². The molecule has 4 aromatic rings. The Labute approximate surface area is 198 Å². The number of hydrogen-bond acceptors (Lipinski definition) is 4. The summed E-state index contributed by atoms with van der Waals surface area (Å²) in [7, 11) is 0. The van der Waals surface area contributed by atoms with E-state index in [-0.39, 0.29) is 11.8 Å². The molecule has 0 spiro atoms. The summed E-state index contributed by atoms with van der Waals surface area (Å²) in [6.45, 7) is 4.00. The molecule has 0 aromatic heterocycles. The highest BCUT2D eigenvalue weighted by Gasteiger charge is 2.60. The van der Waals surface area contributed by atoms with Crippen molar-refractivity contribution in [3.8, 4) is 0 Å². The molecule has 2 fully saturated rings. The van der Waals surface area contributed by atoms with Crippen molar-refractivity contribution >= 4 is 34.0 Å². The van der Waals surface area contributed by atoms with E-state index in [4.69, 9.17) is 4.84 Å². The standard InChI is InChI=1S/C29H24N2O3/c1-18-15-16-22(17-19(18)2)30-28(32)25-26(24-14-8-10-20-9-6-7-13-23(20)24)31(34-27(25)29(30)33)21-11-4-3-5-12-21/h3-17,25-27H,1-2H3. The van der Waals surface area contributed by atoms with Gasteiger partial charge in [-0.2, -0.15) is 0 Å². The Morgan fingerprint density at radius 3 is 2.24 bits per heavy atom. The van der Waals surface area contributed by atoms with Crippen LogP contribution in [0.3, 0.4) is 0 Å². The lowest BCUT2D eigenvalue weighted by Gasteiger charge is -2.29. The summed E-state index contributed by atoms with van der Waals surface area (Å²) in [6, 6.07) is 29.1. The fourth-order valence-electron chi connectivity index (χ4n) is 5.16. The first-order chi connectivity index (χ1) is 16.5. The number of para-hydroxylation sites is 1. The average Bonchev–Trinajstić information content (AvgIpc) is 3.37. The summed E-state index contributed by atoms with van der Waals surface area (Å²) in [6.07, 6.45) is -0.877. The molecule has 5 nitrogen and oxygen atoms in total. The molecule has 34 heavy (non-hydrogen) atoms. The molecular weight excluding hydrogens is 424 g/mol. The molecule has 0 radical (unpaired) electrons. The van der Waals surface area contributed by atoms with Gasteiger partial charge in [-0.3, -0.25) is 14.4 Å². The Kier molecular flexibility index (Phi) is 4.74. The molecule has 168 valence electrons. The van der Waals surface area contributed by atoms with Gasteiger partial charge in [-0.05, 0) is 65.6 Å². The minimum atomic E-state index is -0.877. The maximum absolute atomic E-state index is 13.9. The SMILES string of the molecule is Cc1ccc(N2C(=O)C3ON(c4ccccc4)C(c4cccc5ccccc45)C3C2=O)cc1C. The van der Waals surface area contributed by atoms with Crippen LogP contribution < -0.4 is 9.96 Å². The highest BCUT2D eigenvalue weighted by atomic mass is 16.7. The third-order valence-electron chi connectivity index (χ3n) is 7.02. The first-order valence-electron chi connectivity index (χ1n) is 11.5. The van der Waals surface area contributed by atoms with E-state index in [0.29, 0.717) is 5.69 Å². The number of nitrogens with zero attached hydrogens (tertiary/aromatic N) is 2. The quantitative estimate of drug-likeness (QED) is 0.388. The predicted octanol–water partition coefficient (Wildman–Crippen LogP) is 5.51. The maximum atomic E-state index is 13.9. The smallest absolute Gasteiger partial charge is 0.266 e. The van der Waals surface area contributed by atoms with Crippen LogP contribution in [0.5, 0.6) is 0 Å². The average molecular weight is 449 g/mol. The third-order valence-corrected chi connectivity index (χ3v) is 7.02. The monoisotopic (exact) mass is 448 g/mol. The van der Waals surface area contributed by atoms with Crippen molar-refractivity contribution in [2.75, 3.05) is 9.96 Å². The second-order valence-corrected chi connectivity index (χ2v) is 9.01. The van der Waals surface area contributed by atoms with Crippen LogP contribution in [0, 0.1) is 19.8 Å². The minimum absolute atomic E-state index is 0.227. The maximum Gasteiger partial charge on any atom is 0.266 e. The van der Waals surface area contributed by atoms with Gasteiger partial charge >= 0.3 is 0 Å². The van der Waals surface area contributed by atoms with Gasteiger partial charge in [-0.25, -0.2) is 9.96 Å². The molecule has 0 bridgehead atoms. The van der Waals surface area contributed by atoms with E-state index in [9.17, 15) is 9.59 Å². The van der Waals surface area contributed by atoms with Gasteiger partial charge < -0.3 is 0 Å². The van der Waals surface area contributed by atoms with Crippen molar-refractivity contribution in [2.24, 2.45) is 5.92 Å². The number of rotatable bonds is 3. The molecule has 3 atom stereocenters. The molecule has 2 heterocycles. The fourth-order valence-corrected chi connectivity index (χ4v) is 5.16. The van der Waals surface area contributed by atoms with Gasteiger partial charge in [0.1, 0.15) is 5.92 Å². The largest absolute Gasteiger partial charge is 0.273 e. The van der Waals surface area contributed by atoms with Crippen molar-refractivity contribution in [3.63, 3.8) is 0 Å². The Morgan fingerprint density at radius 1 is 0.706 bits per heavy atom. The number of amides is 2. The second kappa shape index (κ2) is 7.82. The van der Waals surface area contributed by atoms with Crippen LogP contribution in [0.25, 0.3) is 10.8 Å². The lowest BCUT2D eigenvalue weighted by molar-refractivity contribution is -0.126. The van der Waals surface area contributed by atoms with Crippen LogP contribution in [-0.4, -0.2) is 17.9 Å². The van der Waals surface area contributed by atoms with E-state index in [1.165, 1.54) is 4.90 Å². The summed E-state index contributed by atoms with van der Waals surface area (Å²) in [5.74, 6) is -1.20. The minimum Gasteiger partial charge on any atom is -0.273 e. The molecular formula is C29H24N2O3. The van der Waals surface area contributed by atoms with Crippen molar-refractivity contribution in [1.29, 1.82) is 0 Å². The lowest BCUT2D eigenvalue weighted by atomic mass is 9.87. The molecule has 2 amide bonds. The second-order valence-electron chi connectivity index (χ2n) is 9.01. The normalized spacial score (nSPS) is 22.0. The van der Waals surface area contributed by atoms with Crippen LogP contribution in [-0.2, 0) is 14.4 Å². The van der Waals surface area contributed by atoms with E-state index in [1.54, 1.807) is 5.06 Å². The summed E-state index contributed by atoms with van der Waals surface area (Å²) < 4.78 is 0. The fraction of sp³-hybridized carbons (Fsp3) is 0.172. The number of carbonyl (C=O) groups is 2. The Morgan fingerprint density at radius 2 is 1.44 bits per heavy atom.